The second-order valence-electron chi connectivity index (χ2n) is 17.3. The number of ether oxygens (including phenoxy) is 3. The molecule has 3 atom stereocenters. The number of esters is 3. The fourth-order valence-corrected chi connectivity index (χ4v) is 7.57. The molecule has 11 nitrogen and oxygen atoms in total. The van der Waals surface area contributed by atoms with E-state index in [1.54, 1.807) is 0 Å². The Labute approximate surface area is 413 Å². The van der Waals surface area contributed by atoms with Crippen LogP contribution in [-0.4, -0.2) is 66.5 Å². The van der Waals surface area contributed by atoms with Gasteiger partial charge in [-0.15, -0.1) is 0 Å². The number of unbranched alkanes of at least 4 members (excludes halogenated alkanes) is 17. The van der Waals surface area contributed by atoms with Gasteiger partial charge in [0.2, 0.25) is 0 Å². The highest BCUT2D eigenvalue weighted by Crippen LogP contribution is 2.43. The summed E-state index contributed by atoms with van der Waals surface area (Å²) in [6, 6.07) is 0. The van der Waals surface area contributed by atoms with E-state index >= 15 is 0 Å². The second-order valence-corrected chi connectivity index (χ2v) is 18.7. The first-order valence-electron chi connectivity index (χ1n) is 26.5. The predicted molar refractivity (Wildman–Crippen MR) is 279 cm³/mol. The molecule has 68 heavy (non-hydrogen) atoms. The van der Waals surface area contributed by atoms with Crippen LogP contribution >= 0.6 is 7.82 Å². The highest BCUT2D eigenvalue weighted by Gasteiger charge is 2.28. The number of rotatable bonds is 48. The molecule has 12 heteroatoms. The molecule has 0 aromatic carbocycles. The topological polar surface area (TPSA) is 155 Å². The van der Waals surface area contributed by atoms with E-state index in [1.807, 2.05) is 0 Å². The summed E-state index contributed by atoms with van der Waals surface area (Å²) in [4.78, 5) is 48.3. The molecule has 3 unspecified atom stereocenters. The first kappa shape index (κ1) is 64.7. The number of phosphoric ester groups is 1. The summed E-state index contributed by atoms with van der Waals surface area (Å²) >= 11 is 0. The van der Waals surface area contributed by atoms with Crippen molar-refractivity contribution in [2.24, 2.45) is 0 Å². The van der Waals surface area contributed by atoms with Crippen LogP contribution in [0.1, 0.15) is 213 Å². The third-order valence-corrected chi connectivity index (χ3v) is 11.7. The zero-order valence-electron chi connectivity index (χ0n) is 42.8. The largest absolute Gasteiger partial charge is 0.472 e. The van der Waals surface area contributed by atoms with Gasteiger partial charge in [-0.05, 0) is 109 Å². The van der Waals surface area contributed by atoms with Crippen LogP contribution < -0.4 is 0 Å². The Bertz CT molecular complexity index is 1460. The van der Waals surface area contributed by atoms with E-state index in [9.17, 15) is 28.9 Å². The fourth-order valence-electron chi connectivity index (χ4n) is 6.79. The molecule has 0 bridgehead atoms. The molecular weight excluding hydrogens is 880 g/mol. The van der Waals surface area contributed by atoms with Gasteiger partial charge in [-0.1, -0.05) is 170 Å². The number of hydrogen-bond acceptors (Lipinski definition) is 10. The Kier molecular flexibility index (Phi) is 47.6. The summed E-state index contributed by atoms with van der Waals surface area (Å²) in [6.07, 6.45) is 55.6. The Balaban J connectivity index is 4.81. The average molecular weight is 975 g/mol. The van der Waals surface area contributed by atoms with Gasteiger partial charge < -0.3 is 24.2 Å². The monoisotopic (exact) mass is 975 g/mol. The number of carbonyl (C=O) groups excluding carboxylic acids is 3. The van der Waals surface area contributed by atoms with Crippen molar-refractivity contribution >= 4 is 25.7 Å². The maximum absolute atomic E-state index is 12.8. The zero-order valence-corrected chi connectivity index (χ0v) is 43.7. The molecule has 390 valence electrons. The number of phosphoric acid groups is 1. The lowest BCUT2D eigenvalue weighted by Crippen LogP contribution is -2.30. The number of allylic oxidation sites excluding steroid dienone is 14. The SMILES string of the molecule is CC/C=C\C/C=C\C/C=C\CCCCCC(=O)OC(CO)COP(=O)(O)OCC(COC(=O)CCCCCCC/C=C\CCCCCCCC)OC(=O)CCCCC/C=C\C/C=C\C/C=C\CC. The van der Waals surface area contributed by atoms with Crippen LogP contribution in [0.3, 0.4) is 0 Å². The van der Waals surface area contributed by atoms with Crippen LogP contribution in [0.15, 0.2) is 85.1 Å². The number of aliphatic hydroxyl groups excluding tert-OH is 1. The minimum Gasteiger partial charge on any atom is -0.462 e. The summed E-state index contributed by atoms with van der Waals surface area (Å²) in [5.41, 5.74) is 0. The van der Waals surface area contributed by atoms with Gasteiger partial charge in [0, 0.05) is 19.3 Å². The van der Waals surface area contributed by atoms with E-state index < -0.39 is 57.8 Å². The lowest BCUT2D eigenvalue weighted by atomic mass is 10.1. The van der Waals surface area contributed by atoms with Gasteiger partial charge >= 0.3 is 25.7 Å². The molecule has 0 aliphatic rings. The molecule has 0 aromatic heterocycles. The molecule has 0 saturated carbocycles. The molecule has 0 fully saturated rings. The predicted octanol–water partition coefficient (Wildman–Crippen LogP) is 15.1. The van der Waals surface area contributed by atoms with Gasteiger partial charge in [-0.25, -0.2) is 4.57 Å². The maximum Gasteiger partial charge on any atom is 0.472 e. The summed E-state index contributed by atoms with van der Waals surface area (Å²) < 4.78 is 39.3. The van der Waals surface area contributed by atoms with Gasteiger partial charge in [-0.3, -0.25) is 23.4 Å². The summed E-state index contributed by atoms with van der Waals surface area (Å²) in [6.45, 7) is 4.31. The molecule has 0 radical (unpaired) electrons. The van der Waals surface area contributed by atoms with E-state index in [0.29, 0.717) is 19.3 Å². The van der Waals surface area contributed by atoms with Gasteiger partial charge in [-0.2, -0.15) is 0 Å². The minimum atomic E-state index is -4.76. The van der Waals surface area contributed by atoms with Crippen molar-refractivity contribution in [3.8, 4) is 0 Å². The molecular formula is C56H95O11P. The van der Waals surface area contributed by atoms with Crippen molar-refractivity contribution in [2.45, 2.75) is 226 Å². The Morgan fingerprint density at radius 3 is 1.21 bits per heavy atom. The summed E-state index contributed by atoms with van der Waals surface area (Å²) in [7, 11) is -4.76. The fraction of sp³-hybridized carbons (Fsp3) is 0.696. The van der Waals surface area contributed by atoms with Crippen molar-refractivity contribution in [1.29, 1.82) is 0 Å². The van der Waals surface area contributed by atoms with Crippen molar-refractivity contribution in [2.75, 3.05) is 26.4 Å². The average Bonchev–Trinajstić information content (AvgIpc) is 3.32. The third kappa shape index (κ3) is 47.7. The van der Waals surface area contributed by atoms with Crippen molar-refractivity contribution in [3.05, 3.63) is 85.1 Å². The standard InChI is InChI=1S/C56H95O11P/c1-4-7-10-13-16-19-22-25-26-29-30-33-36-39-42-45-54(58)63-49-53(67-56(60)47-44-41-38-35-32-28-24-21-18-15-12-9-6-3)51-65-68(61,62)64-50-52(48-57)66-55(59)46-43-40-37-34-31-27-23-20-17-14-11-8-5-2/h8-9,11-12,17-18,20-21,25-28,31-32,52-53,57H,4-7,10,13-16,19,22-24,29-30,33-51H2,1-3H3,(H,61,62)/b11-8-,12-9-,20-17-,21-18-,26-25-,31-27-,32-28-. The third-order valence-electron chi connectivity index (χ3n) is 10.8. The van der Waals surface area contributed by atoms with Crippen LogP contribution in [0, 0.1) is 0 Å². The highest BCUT2D eigenvalue weighted by molar-refractivity contribution is 7.47. The molecule has 0 aliphatic heterocycles. The normalized spacial score (nSPS) is 14.1. The molecule has 0 aliphatic carbocycles. The number of aliphatic hydroxyl groups is 1. The minimum absolute atomic E-state index is 0.125. The summed E-state index contributed by atoms with van der Waals surface area (Å²) in [5, 5.41) is 9.77. The Morgan fingerprint density at radius 2 is 0.765 bits per heavy atom. The van der Waals surface area contributed by atoms with Crippen LogP contribution in [0.25, 0.3) is 0 Å². The quantitative estimate of drug-likeness (QED) is 0.0197. The Hall–Kier alpha value is -3.34. The van der Waals surface area contributed by atoms with E-state index in [4.69, 9.17) is 23.3 Å². The van der Waals surface area contributed by atoms with Gasteiger partial charge in [0.1, 0.15) is 12.7 Å². The summed E-state index contributed by atoms with van der Waals surface area (Å²) in [5.74, 6) is -1.55. The molecule has 0 heterocycles. The molecule has 0 rings (SSSR count). The first-order chi connectivity index (χ1) is 33.2. The van der Waals surface area contributed by atoms with Crippen LogP contribution in [-0.2, 0) is 42.2 Å². The number of carbonyl (C=O) groups is 3. The lowest BCUT2D eigenvalue weighted by molar-refractivity contribution is -0.161. The highest BCUT2D eigenvalue weighted by atomic mass is 31.2. The molecule has 0 saturated heterocycles. The number of hydrogen-bond donors (Lipinski definition) is 2. The molecule has 0 amide bonds. The van der Waals surface area contributed by atoms with E-state index in [-0.39, 0.29) is 25.9 Å². The molecule has 0 aromatic rings. The smallest absolute Gasteiger partial charge is 0.462 e. The van der Waals surface area contributed by atoms with Gasteiger partial charge in [0.25, 0.3) is 0 Å². The van der Waals surface area contributed by atoms with Crippen molar-refractivity contribution in [1.82, 2.24) is 0 Å². The van der Waals surface area contributed by atoms with Gasteiger partial charge in [0.05, 0.1) is 19.8 Å². The van der Waals surface area contributed by atoms with Gasteiger partial charge in [0.15, 0.2) is 6.10 Å². The zero-order chi connectivity index (χ0) is 49.9. The molecule has 2 N–H and O–H groups in total. The van der Waals surface area contributed by atoms with Crippen LogP contribution in [0.2, 0.25) is 0 Å². The van der Waals surface area contributed by atoms with Crippen LogP contribution in [0.4, 0.5) is 0 Å². The molecule has 0 spiro atoms. The van der Waals surface area contributed by atoms with Crippen LogP contribution in [0.5, 0.6) is 0 Å². The van der Waals surface area contributed by atoms with E-state index in [0.717, 1.165) is 116 Å². The lowest BCUT2D eigenvalue weighted by Gasteiger charge is -2.21. The second kappa shape index (κ2) is 50.1. The first-order valence-corrected chi connectivity index (χ1v) is 28.0. The van der Waals surface area contributed by atoms with E-state index in [1.165, 1.54) is 38.5 Å². The van der Waals surface area contributed by atoms with Crippen molar-refractivity contribution < 1.29 is 52.2 Å². The van der Waals surface area contributed by atoms with Crippen molar-refractivity contribution in [3.63, 3.8) is 0 Å². The Morgan fingerprint density at radius 1 is 0.426 bits per heavy atom. The van der Waals surface area contributed by atoms with E-state index in [2.05, 4.69) is 106 Å². The maximum atomic E-state index is 12.8.